The minimum atomic E-state index is 0.517. The number of hydrogen-bond donors (Lipinski definition) is 2. The van der Waals surface area contributed by atoms with Gasteiger partial charge >= 0.3 is 0 Å². The molecule has 1 aromatic heterocycles. The molecule has 1 aromatic carbocycles. The molecule has 1 unspecified atom stereocenters. The van der Waals surface area contributed by atoms with Crippen molar-refractivity contribution in [3.63, 3.8) is 0 Å². The molecule has 1 atom stereocenters. The lowest BCUT2D eigenvalue weighted by atomic mass is 9.93. The molecule has 4 heteroatoms. The Labute approximate surface area is 107 Å². The largest absolute Gasteiger partial charge is 0.408 e. The molecule has 2 heterocycles. The van der Waals surface area contributed by atoms with Crippen LogP contribution in [0.4, 0.5) is 0 Å². The molecule has 18 heavy (non-hydrogen) atoms. The number of hydroxylamine groups is 1. The van der Waals surface area contributed by atoms with Gasteiger partial charge in [0.2, 0.25) is 0 Å². The van der Waals surface area contributed by atoms with Crippen LogP contribution in [0.3, 0.4) is 0 Å². The minimum absolute atomic E-state index is 0.517. The van der Waals surface area contributed by atoms with Gasteiger partial charge in [-0.3, -0.25) is 0 Å². The molecule has 2 N–H and O–H groups in total. The first-order valence-corrected chi connectivity index (χ1v) is 6.39. The maximum Gasteiger partial charge on any atom is 0.151 e. The van der Waals surface area contributed by atoms with Crippen molar-refractivity contribution in [1.29, 1.82) is 0 Å². The molecule has 0 saturated carbocycles. The van der Waals surface area contributed by atoms with Gasteiger partial charge in [-0.15, -0.1) is 0 Å². The van der Waals surface area contributed by atoms with Crippen LogP contribution in [0.2, 0.25) is 0 Å². The average molecular weight is 245 g/mol. The molecule has 3 rings (SSSR count). The molecule has 96 valence electrons. The summed E-state index contributed by atoms with van der Waals surface area (Å²) in [5, 5.41) is 1.20. The Morgan fingerprint density at radius 1 is 1.39 bits per heavy atom. The molecule has 0 saturated heterocycles. The molecule has 0 radical (unpaired) electrons. The molecule has 1 aliphatic heterocycles. The first-order valence-electron chi connectivity index (χ1n) is 6.39. The Bertz CT molecular complexity index is 547. The van der Waals surface area contributed by atoms with Crippen LogP contribution in [0.25, 0.3) is 10.9 Å². The Hall–Kier alpha value is -1.52. The summed E-state index contributed by atoms with van der Waals surface area (Å²) in [5.41, 5.74) is 5.54. The Kier molecular flexibility index (Phi) is 2.97. The van der Waals surface area contributed by atoms with Crippen LogP contribution in [0.1, 0.15) is 17.9 Å². The van der Waals surface area contributed by atoms with E-state index in [2.05, 4.69) is 47.7 Å². The minimum Gasteiger partial charge on any atom is -0.408 e. The second kappa shape index (κ2) is 4.63. The molecular formula is C14H19N3O. The first kappa shape index (κ1) is 11.6. The Balaban J connectivity index is 1.93. The third-order valence-corrected chi connectivity index (χ3v) is 3.56. The van der Waals surface area contributed by atoms with Crippen molar-refractivity contribution in [2.45, 2.75) is 12.3 Å². The second-order valence-electron chi connectivity index (χ2n) is 5.19. The van der Waals surface area contributed by atoms with Crippen LogP contribution in [-0.2, 0) is 0 Å². The van der Waals surface area contributed by atoms with Gasteiger partial charge in [0.15, 0.2) is 5.75 Å². The molecule has 0 amide bonds. The number of hydrogen-bond acceptors (Lipinski definition) is 3. The lowest BCUT2D eigenvalue weighted by Gasteiger charge is -2.27. The molecule has 0 bridgehead atoms. The molecule has 1 aliphatic rings. The van der Waals surface area contributed by atoms with E-state index < -0.39 is 0 Å². The van der Waals surface area contributed by atoms with Gasteiger partial charge in [0.25, 0.3) is 0 Å². The number of rotatable bonds is 3. The standard InChI is InChI=1S/C14H19N3O/c1-17(2)6-4-11-9-16-18-14-7-10-3-5-15-13(10)8-12(11)14/h3,5,7-8,11,15-16H,4,6,9H2,1-2H3. The van der Waals surface area contributed by atoms with Gasteiger partial charge in [-0.2, -0.15) is 5.48 Å². The van der Waals surface area contributed by atoms with Gasteiger partial charge in [0, 0.05) is 35.1 Å². The van der Waals surface area contributed by atoms with Gasteiger partial charge in [0.05, 0.1) is 0 Å². The van der Waals surface area contributed by atoms with Crippen molar-refractivity contribution in [2.24, 2.45) is 0 Å². The van der Waals surface area contributed by atoms with Crippen molar-refractivity contribution >= 4 is 10.9 Å². The topological polar surface area (TPSA) is 40.3 Å². The summed E-state index contributed by atoms with van der Waals surface area (Å²) in [6.45, 7) is 1.97. The molecule has 0 spiro atoms. The average Bonchev–Trinajstić information content (AvgIpc) is 2.80. The lowest BCUT2D eigenvalue weighted by molar-refractivity contribution is 0.161. The highest BCUT2D eigenvalue weighted by Crippen LogP contribution is 2.34. The van der Waals surface area contributed by atoms with Crippen molar-refractivity contribution in [3.05, 3.63) is 30.0 Å². The summed E-state index contributed by atoms with van der Waals surface area (Å²) in [5.74, 6) is 1.49. The molecule has 0 aliphatic carbocycles. The molecule has 4 nitrogen and oxygen atoms in total. The molecular weight excluding hydrogens is 226 g/mol. The van der Waals surface area contributed by atoms with E-state index in [4.69, 9.17) is 4.84 Å². The fourth-order valence-corrected chi connectivity index (χ4v) is 2.51. The van der Waals surface area contributed by atoms with Crippen molar-refractivity contribution < 1.29 is 4.84 Å². The van der Waals surface area contributed by atoms with Crippen molar-refractivity contribution in [2.75, 3.05) is 27.2 Å². The smallest absolute Gasteiger partial charge is 0.151 e. The number of aromatic nitrogens is 1. The van der Waals surface area contributed by atoms with Crippen LogP contribution < -0.4 is 10.3 Å². The predicted octanol–water partition coefficient (Wildman–Crippen LogP) is 2.10. The number of nitrogens with one attached hydrogen (secondary N) is 2. The highest BCUT2D eigenvalue weighted by atomic mass is 16.6. The van der Waals surface area contributed by atoms with Gasteiger partial charge in [0.1, 0.15) is 0 Å². The normalized spacial score (nSPS) is 18.9. The van der Waals surface area contributed by atoms with E-state index in [1.807, 2.05) is 6.20 Å². The van der Waals surface area contributed by atoms with Gasteiger partial charge in [-0.25, -0.2) is 0 Å². The quantitative estimate of drug-likeness (QED) is 0.870. The summed E-state index contributed by atoms with van der Waals surface area (Å²) >= 11 is 0. The third kappa shape index (κ3) is 2.09. The maximum absolute atomic E-state index is 5.56. The van der Waals surface area contributed by atoms with E-state index in [1.54, 1.807) is 0 Å². The Morgan fingerprint density at radius 2 is 2.28 bits per heavy atom. The summed E-state index contributed by atoms with van der Waals surface area (Å²) in [7, 11) is 4.23. The number of H-pyrrole nitrogens is 1. The maximum atomic E-state index is 5.56. The summed E-state index contributed by atoms with van der Waals surface area (Å²) in [6, 6.07) is 6.41. The zero-order valence-electron chi connectivity index (χ0n) is 10.9. The van der Waals surface area contributed by atoms with E-state index in [0.29, 0.717) is 5.92 Å². The van der Waals surface area contributed by atoms with Gasteiger partial charge < -0.3 is 14.7 Å². The van der Waals surface area contributed by atoms with Gasteiger partial charge in [-0.1, -0.05) is 0 Å². The number of nitrogens with zero attached hydrogens (tertiary/aromatic N) is 1. The number of fused-ring (bicyclic) bond motifs is 2. The summed E-state index contributed by atoms with van der Waals surface area (Å²) in [4.78, 5) is 11.1. The monoisotopic (exact) mass is 245 g/mol. The second-order valence-corrected chi connectivity index (χ2v) is 5.19. The molecule has 2 aromatic rings. The van der Waals surface area contributed by atoms with E-state index >= 15 is 0 Å². The van der Waals surface area contributed by atoms with E-state index in [0.717, 1.165) is 25.3 Å². The van der Waals surface area contributed by atoms with Crippen LogP contribution in [0.15, 0.2) is 24.4 Å². The molecule has 0 fully saturated rings. The summed E-state index contributed by atoms with van der Waals surface area (Å²) in [6.07, 6.45) is 3.11. The highest BCUT2D eigenvalue weighted by Gasteiger charge is 2.22. The SMILES string of the molecule is CN(C)CCC1CNOc2cc3cc[nH]c3cc21. The highest BCUT2D eigenvalue weighted by molar-refractivity contribution is 5.82. The fourth-order valence-electron chi connectivity index (χ4n) is 2.51. The Morgan fingerprint density at radius 3 is 3.11 bits per heavy atom. The van der Waals surface area contributed by atoms with E-state index in [-0.39, 0.29) is 0 Å². The van der Waals surface area contributed by atoms with Crippen molar-refractivity contribution in [3.8, 4) is 5.75 Å². The van der Waals surface area contributed by atoms with Crippen LogP contribution in [0.5, 0.6) is 5.75 Å². The van der Waals surface area contributed by atoms with Crippen LogP contribution in [0, 0.1) is 0 Å². The summed E-state index contributed by atoms with van der Waals surface area (Å²) < 4.78 is 0. The van der Waals surface area contributed by atoms with E-state index in [9.17, 15) is 0 Å². The van der Waals surface area contributed by atoms with Crippen LogP contribution in [-0.4, -0.2) is 37.1 Å². The van der Waals surface area contributed by atoms with Crippen molar-refractivity contribution in [1.82, 2.24) is 15.4 Å². The fraction of sp³-hybridized carbons (Fsp3) is 0.429. The van der Waals surface area contributed by atoms with Gasteiger partial charge in [-0.05, 0) is 45.3 Å². The number of aromatic amines is 1. The van der Waals surface area contributed by atoms with Crippen LogP contribution >= 0.6 is 0 Å². The first-order chi connectivity index (χ1) is 8.74. The number of benzene rings is 1. The zero-order chi connectivity index (χ0) is 12.5. The zero-order valence-corrected chi connectivity index (χ0v) is 10.9. The lowest BCUT2D eigenvalue weighted by Crippen LogP contribution is -2.32. The predicted molar refractivity (Wildman–Crippen MR) is 72.8 cm³/mol. The third-order valence-electron chi connectivity index (χ3n) is 3.56. The van der Waals surface area contributed by atoms with E-state index in [1.165, 1.54) is 16.5 Å².